The summed E-state index contributed by atoms with van der Waals surface area (Å²) in [5, 5.41) is 0. The molecule has 1 aromatic carbocycles. The number of benzene rings is 1. The Morgan fingerprint density at radius 2 is 1.83 bits per heavy atom. The third-order valence-electron chi connectivity index (χ3n) is 3.66. The lowest BCUT2D eigenvalue weighted by molar-refractivity contribution is -0.141. The van der Waals surface area contributed by atoms with Gasteiger partial charge in [-0.2, -0.15) is 17.6 Å². The number of nitrogens with zero attached hydrogens (tertiary/aromatic N) is 3. The molecule has 158 valence electrons. The van der Waals surface area contributed by atoms with Gasteiger partial charge in [0, 0.05) is 0 Å². The maximum atomic E-state index is 13.1. The van der Waals surface area contributed by atoms with Crippen LogP contribution in [0.3, 0.4) is 0 Å². The summed E-state index contributed by atoms with van der Waals surface area (Å²) in [7, 11) is -1.72. The van der Waals surface area contributed by atoms with Gasteiger partial charge in [-0.15, -0.1) is 0 Å². The van der Waals surface area contributed by atoms with Crippen LogP contribution in [-0.4, -0.2) is 30.4 Å². The molecular formula is C19H22F3N3O3S. The Morgan fingerprint density at radius 3 is 2.38 bits per heavy atom. The number of rotatable bonds is 6. The smallest absolute Gasteiger partial charge is 0.406 e. The van der Waals surface area contributed by atoms with Crippen molar-refractivity contribution < 1.29 is 22.1 Å². The van der Waals surface area contributed by atoms with E-state index in [0.717, 1.165) is 11.8 Å². The minimum Gasteiger partial charge on any atom is -0.482 e. The fourth-order valence-electron chi connectivity index (χ4n) is 2.23. The molecule has 0 saturated heterocycles. The fraction of sp³-hybridized carbons (Fsp3) is 0.421. The summed E-state index contributed by atoms with van der Waals surface area (Å²) in [6, 6.07) is 8.87. The van der Waals surface area contributed by atoms with Gasteiger partial charge in [-0.05, 0) is 33.3 Å². The molecule has 6 nitrogen and oxygen atoms in total. The number of ether oxygens (including phenoxy) is 1. The number of alkyl halides is 3. The van der Waals surface area contributed by atoms with Crippen molar-refractivity contribution in [2.45, 2.75) is 51.8 Å². The molecule has 0 aliphatic carbocycles. The first-order chi connectivity index (χ1) is 13.4. The number of hydrogen-bond acceptors (Lipinski definition) is 4. The van der Waals surface area contributed by atoms with Gasteiger partial charge >= 0.3 is 6.18 Å². The van der Waals surface area contributed by atoms with E-state index in [1.165, 1.54) is 6.92 Å². The molecule has 2 rings (SSSR count). The highest BCUT2D eigenvalue weighted by atomic mass is 32.2. The van der Waals surface area contributed by atoms with E-state index in [4.69, 9.17) is 4.74 Å². The van der Waals surface area contributed by atoms with Crippen LogP contribution < -0.4 is 10.3 Å². The fourth-order valence-corrected chi connectivity index (χ4v) is 2.83. The van der Waals surface area contributed by atoms with Gasteiger partial charge in [0.15, 0.2) is 5.82 Å². The second-order valence-electron chi connectivity index (χ2n) is 7.27. The maximum Gasteiger partial charge on any atom is 0.406 e. The van der Waals surface area contributed by atoms with Gasteiger partial charge in [-0.25, -0.2) is 9.19 Å². The molecule has 0 radical (unpaired) electrons. The van der Waals surface area contributed by atoms with E-state index in [1.807, 2.05) is 0 Å². The van der Waals surface area contributed by atoms with Crippen molar-refractivity contribution in [3.05, 3.63) is 58.3 Å². The van der Waals surface area contributed by atoms with Crippen LogP contribution in [0.4, 0.5) is 13.2 Å². The highest BCUT2D eigenvalue weighted by molar-refractivity contribution is 7.85. The summed E-state index contributed by atoms with van der Waals surface area (Å²) in [5.74, 6) is -0.622. The van der Waals surface area contributed by atoms with Crippen LogP contribution in [-0.2, 0) is 24.1 Å². The first kappa shape index (κ1) is 22.8. The van der Waals surface area contributed by atoms with E-state index in [1.54, 1.807) is 51.1 Å². The van der Waals surface area contributed by atoms with Crippen molar-refractivity contribution in [2.75, 3.05) is 0 Å². The lowest BCUT2D eigenvalue weighted by Gasteiger charge is -2.17. The predicted molar refractivity (Wildman–Crippen MR) is 105 cm³/mol. The molecule has 0 fully saturated rings. The molecule has 0 aliphatic heterocycles. The molecule has 0 spiro atoms. The monoisotopic (exact) mass is 429 g/mol. The zero-order chi connectivity index (χ0) is 21.8. The van der Waals surface area contributed by atoms with Crippen LogP contribution >= 0.6 is 0 Å². The molecule has 0 amide bonds. The van der Waals surface area contributed by atoms with Gasteiger partial charge in [0.05, 0.1) is 16.7 Å². The third-order valence-corrected chi connectivity index (χ3v) is 5.14. The lowest BCUT2D eigenvalue weighted by Crippen LogP contribution is -2.34. The second-order valence-corrected chi connectivity index (χ2v) is 9.17. The van der Waals surface area contributed by atoms with Crippen molar-refractivity contribution in [2.24, 2.45) is 4.40 Å². The SMILES string of the molecule is C/C(=N\[S@@](=O)C(C)(C)C)c1ncc(OCc2ccccc2)c(=O)n1CC(F)(F)F. The third kappa shape index (κ3) is 6.52. The van der Waals surface area contributed by atoms with E-state index in [0.29, 0.717) is 4.57 Å². The molecule has 10 heteroatoms. The van der Waals surface area contributed by atoms with Crippen molar-refractivity contribution in [3.8, 4) is 5.75 Å². The minimum absolute atomic E-state index is 0.00420. The molecule has 0 saturated carbocycles. The van der Waals surface area contributed by atoms with E-state index in [9.17, 15) is 22.2 Å². The first-order valence-corrected chi connectivity index (χ1v) is 9.80. The molecule has 0 unspecified atom stereocenters. The Hall–Kier alpha value is -2.49. The van der Waals surface area contributed by atoms with E-state index in [2.05, 4.69) is 9.38 Å². The van der Waals surface area contributed by atoms with Gasteiger partial charge in [0.2, 0.25) is 5.75 Å². The molecule has 1 aromatic heterocycles. The average Bonchev–Trinajstić information content (AvgIpc) is 2.61. The molecule has 0 aliphatic rings. The standard InChI is InChI=1S/C19H22F3N3O3S/c1-13(24-29(27)18(2,3)4)16-23-10-15(17(26)25(16)12-19(20,21)22)28-11-14-8-6-5-7-9-14/h5-10H,11-12H2,1-4H3/b24-13+/t29-/m0/s1. The topological polar surface area (TPSA) is 73.6 Å². The Labute approximate surface area is 169 Å². The summed E-state index contributed by atoms with van der Waals surface area (Å²) in [6.07, 6.45) is -3.60. The van der Waals surface area contributed by atoms with Gasteiger partial charge in [0.1, 0.15) is 24.1 Å². The highest BCUT2D eigenvalue weighted by Crippen LogP contribution is 2.19. The van der Waals surface area contributed by atoms with Crippen LogP contribution in [0.15, 0.2) is 45.7 Å². The number of aromatic nitrogens is 2. The van der Waals surface area contributed by atoms with Gasteiger partial charge in [0.25, 0.3) is 5.56 Å². The Balaban J connectivity index is 2.44. The van der Waals surface area contributed by atoms with Crippen LogP contribution in [0, 0.1) is 0 Å². The molecule has 0 bridgehead atoms. The first-order valence-electron chi connectivity index (χ1n) is 8.69. The Kier molecular flexibility index (Phi) is 6.99. The van der Waals surface area contributed by atoms with Crippen molar-refractivity contribution in [1.82, 2.24) is 9.55 Å². The second kappa shape index (κ2) is 8.89. The normalized spacial score (nSPS) is 14.0. The Bertz CT molecular complexity index is 965. The summed E-state index contributed by atoms with van der Waals surface area (Å²) in [4.78, 5) is 16.6. The lowest BCUT2D eigenvalue weighted by atomic mass is 10.2. The van der Waals surface area contributed by atoms with Crippen molar-refractivity contribution >= 4 is 16.7 Å². The summed E-state index contributed by atoms with van der Waals surface area (Å²) < 4.78 is 60.5. The number of halogens is 3. The zero-order valence-electron chi connectivity index (χ0n) is 16.5. The molecule has 29 heavy (non-hydrogen) atoms. The minimum atomic E-state index is -4.66. The van der Waals surface area contributed by atoms with Crippen molar-refractivity contribution in [3.63, 3.8) is 0 Å². The quantitative estimate of drug-likeness (QED) is 0.657. The number of hydrogen-bond donors (Lipinski definition) is 0. The summed E-state index contributed by atoms with van der Waals surface area (Å²) >= 11 is 0. The average molecular weight is 429 g/mol. The Morgan fingerprint density at radius 1 is 1.21 bits per heavy atom. The largest absolute Gasteiger partial charge is 0.482 e. The van der Waals surface area contributed by atoms with Crippen molar-refractivity contribution in [1.29, 1.82) is 0 Å². The maximum absolute atomic E-state index is 13.1. The van der Waals surface area contributed by atoms with E-state index in [-0.39, 0.29) is 23.9 Å². The van der Waals surface area contributed by atoms with Gasteiger partial charge in [-0.3, -0.25) is 9.36 Å². The van der Waals surface area contributed by atoms with Gasteiger partial charge in [-0.1, -0.05) is 30.3 Å². The van der Waals surface area contributed by atoms with E-state index >= 15 is 0 Å². The summed E-state index contributed by atoms with van der Waals surface area (Å²) in [5.41, 5.74) is -0.273. The summed E-state index contributed by atoms with van der Waals surface area (Å²) in [6.45, 7) is 4.84. The van der Waals surface area contributed by atoms with Crippen LogP contribution in [0.2, 0.25) is 0 Å². The predicted octanol–water partition coefficient (Wildman–Crippen LogP) is 3.66. The van der Waals surface area contributed by atoms with Crippen LogP contribution in [0.5, 0.6) is 5.75 Å². The zero-order valence-corrected chi connectivity index (χ0v) is 17.3. The molecule has 1 heterocycles. The molecular weight excluding hydrogens is 407 g/mol. The van der Waals surface area contributed by atoms with E-state index < -0.39 is 34.0 Å². The molecule has 1 atom stereocenters. The highest BCUT2D eigenvalue weighted by Gasteiger charge is 2.31. The molecule has 2 aromatic rings. The van der Waals surface area contributed by atoms with Gasteiger partial charge < -0.3 is 4.74 Å². The van der Waals surface area contributed by atoms with Crippen LogP contribution in [0.25, 0.3) is 0 Å². The molecule has 0 N–H and O–H groups in total. The van der Waals surface area contributed by atoms with Crippen LogP contribution in [0.1, 0.15) is 39.1 Å².